The van der Waals surface area contributed by atoms with E-state index in [1.54, 1.807) is 13.3 Å². The van der Waals surface area contributed by atoms with Crippen molar-refractivity contribution in [2.75, 3.05) is 26.7 Å². The van der Waals surface area contributed by atoms with E-state index in [0.29, 0.717) is 31.6 Å². The summed E-state index contributed by atoms with van der Waals surface area (Å²) in [6.07, 6.45) is 5.02. The molecule has 204 valence electrons. The van der Waals surface area contributed by atoms with E-state index < -0.39 is 23.7 Å². The highest BCUT2D eigenvalue weighted by atomic mass is 19.1. The highest BCUT2D eigenvalue weighted by Gasteiger charge is 2.31. The number of rotatable bonds is 12. The third-order valence-corrected chi connectivity index (χ3v) is 7.78. The lowest BCUT2D eigenvalue weighted by atomic mass is 9.79. The van der Waals surface area contributed by atoms with E-state index in [9.17, 15) is 23.8 Å². The summed E-state index contributed by atoms with van der Waals surface area (Å²) < 4.78 is 33.1. The summed E-state index contributed by atoms with van der Waals surface area (Å²) >= 11 is 0. The summed E-state index contributed by atoms with van der Waals surface area (Å²) in [5.74, 6) is -0.933. The van der Waals surface area contributed by atoms with Gasteiger partial charge in [-0.05, 0) is 105 Å². The number of aliphatic hydroxyl groups is 1. The normalized spacial score (nSPS) is 18.9. The van der Waals surface area contributed by atoms with Crippen LogP contribution in [0.5, 0.6) is 5.75 Å². The van der Waals surface area contributed by atoms with Gasteiger partial charge in [0.2, 0.25) is 0 Å². The van der Waals surface area contributed by atoms with Crippen molar-refractivity contribution in [3.8, 4) is 5.75 Å². The summed E-state index contributed by atoms with van der Waals surface area (Å²) in [6, 6.07) is 11.4. The first-order valence-electron chi connectivity index (χ1n) is 13.3. The number of aromatic nitrogens is 1. The van der Waals surface area contributed by atoms with E-state index in [0.717, 1.165) is 48.8 Å². The summed E-state index contributed by atoms with van der Waals surface area (Å²) in [6.45, 7) is 2.29. The van der Waals surface area contributed by atoms with Crippen LogP contribution in [-0.4, -0.2) is 52.8 Å². The van der Waals surface area contributed by atoms with Gasteiger partial charge in [-0.15, -0.1) is 0 Å². The largest absolute Gasteiger partial charge is 0.497 e. The van der Waals surface area contributed by atoms with Crippen LogP contribution in [0.25, 0.3) is 10.9 Å². The molecule has 0 bridgehead atoms. The second-order valence-corrected chi connectivity index (χ2v) is 10.2. The quantitative estimate of drug-likeness (QED) is 0.292. The van der Waals surface area contributed by atoms with E-state index in [1.807, 2.05) is 24.3 Å². The van der Waals surface area contributed by atoms with Crippen molar-refractivity contribution in [1.29, 1.82) is 0 Å². The lowest BCUT2D eigenvalue weighted by Crippen LogP contribution is -2.41. The maximum absolute atomic E-state index is 13.9. The number of benzene rings is 2. The number of pyridine rings is 1. The molecule has 0 amide bonds. The molecular formula is C30H36F2N2O4. The molecule has 3 atom stereocenters. The maximum Gasteiger partial charge on any atom is 0.303 e. The second kappa shape index (κ2) is 13.1. The third-order valence-electron chi connectivity index (χ3n) is 7.78. The number of aliphatic carboxylic acids is 1. The monoisotopic (exact) mass is 526 g/mol. The number of piperidine rings is 1. The number of methoxy groups -OCH3 is 1. The molecule has 1 aromatic heterocycles. The lowest BCUT2D eigenvalue weighted by Gasteiger charge is -2.38. The Hall–Kier alpha value is -3.10. The number of aliphatic hydroxyl groups excluding tert-OH is 1. The Morgan fingerprint density at radius 3 is 2.68 bits per heavy atom. The minimum absolute atomic E-state index is 0.00765. The zero-order valence-electron chi connectivity index (χ0n) is 21.8. The first-order chi connectivity index (χ1) is 18.4. The molecule has 2 heterocycles. The number of fused-ring (bicyclic) bond motifs is 1. The molecular weight excluding hydrogens is 490 g/mol. The molecule has 1 fully saturated rings. The zero-order valence-corrected chi connectivity index (χ0v) is 21.8. The third kappa shape index (κ3) is 7.05. The molecule has 6 nitrogen and oxygen atoms in total. The number of hydrogen-bond acceptors (Lipinski definition) is 5. The van der Waals surface area contributed by atoms with Crippen LogP contribution in [0.1, 0.15) is 55.8 Å². The van der Waals surface area contributed by atoms with Crippen molar-refractivity contribution in [2.24, 2.45) is 11.8 Å². The molecule has 0 saturated carbocycles. The first-order valence-corrected chi connectivity index (χ1v) is 13.3. The number of carboxylic acid groups (broad SMARTS) is 1. The van der Waals surface area contributed by atoms with Gasteiger partial charge in [0.25, 0.3) is 0 Å². The number of likely N-dealkylation sites (tertiary alicyclic amines) is 1. The number of hydrogen-bond donors (Lipinski definition) is 2. The Balaban J connectivity index is 1.31. The van der Waals surface area contributed by atoms with Crippen LogP contribution in [0, 0.1) is 23.5 Å². The van der Waals surface area contributed by atoms with Crippen LogP contribution < -0.4 is 4.74 Å². The average Bonchev–Trinajstić information content (AvgIpc) is 2.90. The zero-order chi connectivity index (χ0) is 27.1. The summed E-state index contributed by atoms with van der Waals surface area (Å²) in [5, 5.41) is 21.4. The van der Waals surface area contributed by atoms with Crippen LogP contribution >= 0.6 is 0 Å². The molecule has 38 heavy (non-hydrogen) atoms. The van der Waals surface area contributed by atoms with Gasteiger partial charge in [0.1, 0.15) is 17.4 Å². The highest BCUT2D eigenvalue weighted by molar-refractivity contribution is 5.83. The molecule has 0 aliphatic carbocycles. The smallest absolute Gasteiger partial charge is 0.303 e. The van der Waals surface area contributed by atoms with Gasteiger partial charge < -0.3 is 19.8 Å². The molecule has 1 saturated heterocycles. The van der Waals surface area contributed by atoms with Gasteiger partial charge in [0.05, 0.1) is 18.7 Å². The van der Waals surface area contributed by atoms with Crippen LogP contribution in [0.15, 0.2) is 48.7 Å². The predicted molar refractivity (Wildman–Crippen MR) is 142 cm³/mol. The highest BCUT2D eigenvalue weighted by Crippen LogP contribution is 2.35. The van der Waals surface area contributed by atoms with Crippen LogP contribution in [0.3, 0.4) is 0 Å². The van der Waals surface area contributed by atoms with Crippen molar-refractivity contribution in [1.82, 2.24) is 9.88 Å². The Morgan fingerprint density at radius 2 is 1.95 bits per heavy atom. The van der Waals surface area contributed by atoms with Crippen molar-refractivity contribution in [2.45, 2.75) is 51.0 Å². The predicted octanol–water partition coefficient (Wildman–Crippen LogP) is 5.77. The van der Waals surface area contributed by atoms with Gasteiger partial charge in [-0.1, -0.05) is 6.07 Å². The fourth-order valence-corrected chi connectivity index (χ4v) is 5.69. The van der Waals surface area contributed by atoms with Gasteiger partial charge in [-0.25, -0.2) is 8.78 Å². The van der Waals surface area contributed by atoms with Crippen LogP contribution in [0.2, 0.25) is 0 Å². The number of carbonyl (C=O) groups is 1. The van der Waals surface area contributed by atoms with Gasteiger partial charge in [0, 0.05) is 30.1 Å². The molecule has 3 aromatic rings. The standard InChI is InChI=1S/C30H36F2N2O4/c1-38-22-9-10-28-25(18-22)23(12-14-33-28)29(35)11-8-20-13-16-34(19-21(20)17-30(36)37)15-3-2-5-24-26(31)6-4-7-27(24)32/h4,6-7,9-10,12,14,18,20-21,29,35H,2-3,5,8,11,13,15-17,19H2,1H3,(H,36,37)/t20-,21+,29?/m1/s1. The van der Waals surface area contributed by atoms with Crippen molar-refractivity contribution in [3.05, 3.63) is 71.4 Å². The number of nitrogens with zero attached hydrogens (tertiary/aromatic N) is 2. The minimum Gasteiger partial charge on any atom is -0.497 e. The number of ether oxygens (including phenoxy) is 1. The molecule has 1 aliphatic heterocycles. The Kier molecular flexibility index (Phi) is 9.63. The average molecular weight is 527 g/mol. The molecule has 2 aromatic carbocycles. The Morgan fingerprint density at radius 1 is 1.16 bits per heavy atom. The molecule has 2 N–H and O–H groups in total. The SMILES string of the molecule is COc1ccc2nccc(C(O)CC[C@@H]3CCN(CCCCc4c(F)cccc4F)C[C@@H]3CC(=O)O)c2c1. The topological polar surface area (TPSA) is 82.9 Å². The molecule has 0 spiro atoms. The molecule has 0 radical (unpaired) electrons. The van der Waals surface area contributed by atoms with Crippen molar-refractivity contribution < 1.29 is 28.5 Å². The number of halogens is 2. The molecule has 1 aliphatic rings. The fourth-order valence-electron chi connectivity index (χ4n) is 5.69. The summed E-state index contributed by atoms with van der Waals surface area (Å²) in [5.41, 5.74) is 1.72. The molecule has 8 heteroatoms. The van der Waals surface area contributed by atoms with Gasteiger partial charge in [-0.3, -0.25) is 9.78 Å². The van der Waals surface area contributed by atoms with E-state index in [-0.39, 0.29) is 23.8 Å². The van der Waals surface area contributed by atoms with E-state index >= 15 is 0 Å². The Labute approximate surface area is 222 Å². The number of unbranched alkanes of at least 4 members (excludes halogenated alkanes) is 1. The van der Waals surface area contributed by atoms with E-state index in [2.05, 4.69) is 9.88 Å². The van der Waals surface area contributed by atoms with Gasteiger partial charge in [-0.2, -0.15) is 0 Å². The minimum atomic E-state index is -0.815. The summed E-state index contributed by atoms with van der Waals surface area (Å²) in [4.78, 5) is 18.3. The van der Waals surface area contributed by atoms with Crippen LogP contribution in [-0.2, 0) is 11.2 Å². The second-order valence-electron chi connectivity index (χ2n) is 10.2. The fraction of sp³-hybridized carbons (Fsp3) is 0.467. The summed E-state index contributed by atoms with van der Waals surface area (Å²) in [7, 11) is 1.60. The van der Waals surface area contributed by atoms with Crippen LogP contribution in [0.4, 0.5) is 8.78 Å². The van der Waals surface area contributed by atoms with Crippen molar-refractivity contribution in [3.63, 3.8) is 0 Å². The van der Waals surface area contributed by atoms with E-state index in [4.69, 9.17) is 4.74 Å². The van der Waals surface area contributed by atoms with Gasteiger partial charge in [0.15, 0.2) is 0 Å². The molecule has 4 rings (SSSR count). The Bertz CT molecular complexity index is 1220. The lowest BCUT2D eigenvalue weighted by molar-refractivity contribution is -0.139. The first kappa shape index (κ1) is 27.9. The van der Waals surface area contributed by atoms with E-state index in [1.165, 1.54) is 18.2 Å². The molecule has 1 unspecified atom stereocenters. The number of carboxylic acids is 1. The van der Waals surface area contributed by atoms with Gasteiger partial charge >= 0.3 is 5.97 Å². The maximum atomic E-state index is 13.9. The van der Waals surface area contributed by atoms with Crippen molar-refractivity contribution >= 4 is 16.9 Å².